The minimum absolute atomic E-state index is 0.0820. The Morgan fingerprint density at radius 1 is 0.938 bits per heavy atom. The van der Waals surface area contributed by atoms with Gasteiger partial charge >= 0.3 is 0 Å². The number of carbonyl (C=O) groups is 1. The molecule has 2 aliphatic heterocycles. The normalized spacial score (nSPS) is 19.8. The van der Waals surface area contributed by atoms with Gasteiger partial charge in [0.2, 0.25) is 0 Å². The molecule has 2 aliphatic rings. The lowest BCUT2D eigenvalue weighted by Gasteiger charge is -2.34. The van der Waals surface area contributed by atoms with Crippen molar-refractivity contribution in [3.8, 4) is 0 Å². The SMILES string of the molecule is Cc1ccc(S(=O)(=O)N2C(=O)[C@H](c3cccc(Br)c3)[C@H]3c4cccc(Br)c4C=CN32)cc1. The molecule has 8 heteroatoms. The molecule has 32 heavy (non-hydrogen) atoms. The van der Waals surface area contributed by atoms with Crippen molar-refractivity contribution < 1.29 is 13.2 Å². The van der Waals surface area contributed by atoms with Crippen LogP contribution in [0, 0.1) is 6.92 Å². The summed E-state index contributed by atoms with van der Waals surface area (Å²) in [5, 5.41) is 1.55. The molecule has 0 aromatic heterocycles. The molecule has 3 aromatic rings. The Bertz CT molecular complexity index is 1370. The highest BCUT2D eigenvalue weighted by Crippen LogP contribution is 2.50. The molecule has 0 bridgehead atoms. The summed E-state index contributed by atoms with van der Waals surface area (Å²) in [7, 11) is -4.10. The number of nitrogens with zero attached hydrogens (tertiary/aromatic N) is 2. The van der Waals surface area contributed by atoms with E-state index in [1.807, 2.05) is 55.5 Å². The second kappa shape index (κ2) is 7.86. The van der Waals surface area contributed by atoms with Gasteiger partial charge in [0, 0.05) is 15.1 Å². The summed E-state index contributed by atoms with van der Waals surface area (Å²) >= 11 is 7.07. The second-order valence-electron chi connectivity index (χ2n) is 7.82. The first-order valence-electron chi connectivity index (χ1n) is 9.95. The first-order valence-corrected chi connectivity index (χ1v) is 13.0. The molecule has 0 N–H and O–H groups in total. The second-order valence-corrected chi connectivity index (χ2v) is 11.4. The van der Waals surface area contributed by atoms with E-state index >= 15 is 0 Å². The van der Waals surface area contributed by atoms with E-state index < -0.39 is 27.9 Å². The molecule has 1 amide bonds. The van der Waals surface area contributed by atoms with Crippen LogP contribution in [0.4, 0.5) is 0 Å². The minimum atomic E-state index is -4.10. The smallest absolute Gasteiger partial charge is 0.271 e. The van der Waals surface area contributed by atoms with Crippen molar-refractivity contribution in [2.75, 3.05) is 0 Å². The number of fused-ring (bicyclic) bond motifs is 3. The van der Waals surface area contributed by atoms with Gasteiger partial charge in [-0.3, -0.25) is 9.80 Å². The molecule has 1 fully saturated rings. The number of carbonyl (C=O) groups excluding carboxylic acids is 1. The van der Waals surface area contributed by atoms with Crippen LogP contribution in [-0.4, -0.2) is 23.7 Å². The molecule has 0 radical (unpaired) electrons. The lowest BCUT2D eigenvalue weighted by atomic mass is 9.84. The van der Waals surface area contributed by atoms with Crippen molar-refractivity contribution in [2.45, 2.75) is 23.8 Å². The van der Waals surface area contributed by atoms with Gasteiger partial charge < -0.3 is 0 Å². The zero-order chi connectivity index (χ0) is 22.6. The van der Waals surface area contributed by atoms with Crippen LogP contribution in [0.1, 0.15) is 34.2 Å². The zero-order valence-electron chi connectivity index (χ0n) is 16.9. The molecule has 5 nitrogen and oxygen atoms in total. The number of sulfonamides is 1. The maximum Gasteiger partial charge on any atom is 0.284 e. The lowest BCUT2D eigenvalue weighted by Crippen LogP contribution is -2.42. The quantitative estimate of drug-likeness (QED) is 0.399. The van der Waals surface area contributed by atoms with E-state index in [2.05, 4.69) is 31.9 Å². The number of aryl methyl sites for hydroxylation is 1. The Hall–Kier alpha value is -2.42. The van der Waals surface area contributed by atoms with Crippen molar-refractivity contribution in [3.63, 3.8) is 0 Å². The average Bonchev–Trinajstić information content (AvgIpc) is 3.07. The summed E-state index contributed by atoms with van der Waals surface area (Å²) in [6.07, 6.45) is 3.52. The van der Waals surface area contributed by atoms with Gasteiger partial charge in [-0.2, -0.15) is 8.42 Å². The molecule has 2 atom stereocenters. The van der Waals surface area contributed by atoms with E-state index in [1.165, 1.54) is 12.1 Å². The third-order valence-corrected chi connectivity index (χ3v) is 8.70. The highest BCUT2D eigenvalue weighted by molar-refractivity contribution is 9.10. The van der Waals surface area contributed by atoms with Crippen molar-refractivity contribution in [1.82, 2.24) is 9.42 Å². The maximum absolute atomic E-state index is 13.8. The summed E-state index contributed by atoms with van der Waals surface area (Å²) in [5.41, 5.74) is 3.53. The largest absolute Gasteiger partial charge is 0.284 e. The molecule has 162 valence electrons. The zero-order valence-corrected chi connectivity index (χ0v) is 20.9. The predicted octanol–water partition coefficient (Wildman–Crippen LogP) is 5.78. The van der Waals surface area contributed by atoms with Crippen molar-refractivity contribution in [1.29, 1.82) is 0 Å². The molecule has 2 heterocycles. The Labute approximate surface area is 203 Å². The number of hydrazine groups is 1. The summed E-state index contributed by atoms with van der Waals surface area (Å²) in [5.74, 6) is -1.17. The fourth-order valence-corrected chi connectivity index (χ4v) is 6.69. The van der Waals surface area contributed by atoms with Crippen LogP contribution in [0.2, 0.25) is 0 Å². The van der Waals surface area contributed by atoms with Crippen LogP contribution < -0.4 is 0 Å². The summed E-state index contributed by atoms with van der Waals surface area (Å²) in [6, 6.07) is 19.3. The Morgan fingerprint density at radius 2 is 1.66 bits per heavy atom. The third-order valence-electron chi connectivity index (χ3n) is 5.82. The summed E-state index contributed by atoms with van der Waals surface area (Å²) < 4.78 is 29.9. The van der Waals surface area contributed by atoms with Crippen LogP contribution in [0.3, 0.4) is 0 Å². The first-order chi connectivity index (χ1) is 15.3. The van der Waals surface area contributed by atoms with Crippen molar-refractivity contribution in [2.24, 2.45) is 0 Å². The van der Waals surface area contributed by atoms with E-state index in [9.17, 15) is 13.2 Å². The van der Waals surface area contributed by atoms with E-state index in [1.54, 1.807) is 23.3 Å². The molecular formula is C24H18Br2N2O3S. The number of amides is 1. The van der Waals surface area contributed by atoms with Gasteiger partial charge in [0.25, 0.3) is 15.9 Å². The first kappa shape index (κ1) is 21.4. The Morgan fingerprint density at radius 3 is 2.38 bits per heavy atom. The van der Waals surface area contributed by atoms with Gasteiger partial charge in [0.05, 0.1) is 16.9 Å². The van der Waals surface area contributed by atoms with Gasteiger partial charge in [-0.15, -0.1) is 4.41 Å². The predicted molar refractivity (Wildman–Crippen MR) is 130 cm³/mol. The summed E-state index contributed by atoms with van der Waals surface area (Å²) in [4.78, 5) is 13.9. The fraction of sp³-hybridized carbons (Fsp3) is 0.125. The Kier molecular flexibility index (Phi) is 5.27. The highest BCUT2D eigenvalue weighted by Gasteiger charge is 2.53. The van der Waals surface area contributed by atoms with E-state index in [0.717, 1.165) is 35.6 Å². The van der Waals surface area contributed by atoms with Crippen LogP contribution in [0.25, 0.3) is 6.08 Å². The third kappa shape index (κ3) is 3.32. The topological polar surface area (TPSA) is 57.7 Å². The highest BCUT2D eigenvalue weighted by atomic mass is 79.9. The van der Waals surface area contributed by atoms with Crippen LogP contribution in [0.5, 0.6) is 0 Å². The number of halogens is 2. The van der Waals surface area contributed by atoms with Crippen LogP contribution >= 0.6 is 31.9 Å². The molecular weight excluding hydrogens is 556 g/mol. The number of hydrogen-bond acceptors (Lipinski definition) is 4. The number of hydrogen-bond donors (Lipinski definition) is 0. The van der Waals surface area contributed by atoms with Crippen LogP contribution in [0.15, 0.2) is 86.8 Å². The molecule has 0 aliphatic carbocycles. The van der Waals surface area contributed by atoms with Gasteiger partial charge in [-0.05, 0) is 60.0 Å². The van der Waals surface area contributed by atoms with E-state index in [0.29, 0.717) is 0 Å². The average molecular weight is 574 g/mol. The van der Waals surface area contributed by atoms with Gasteiger partial charge in [-0.25, -0.2) is 0 Å². The van der Waals surface area contributed by atoms with Gasteiger partial charge in [-0.1, -0.05) is 73.8 Å². The lowest BCUT2D eigenvalue weighted by molar-refractivity contribution is -0.128. The monoisotopic (exact) mass is 572 g/mol. The van der Waals surface area contributed by atoms with E-state index in [-0.39, 0.29) is 4.90 Å². The molecule has 1 saturated heterocycles. The summed E-state index contributed by atoms with van der Waals surface area (Å²) in [6.45, 7) is 1.89. The van der Waals surface area contributed by atoms with E-state index in [4.69, 9.17) is 0 Å². The molecule has 5 rings (SSSR count). The standard InChI is InChI=1S/C24H18Br2N2O3S/c1-15-8-10-18(11-9-15)32(30,31)28-24(29)22(16-4-2-5-17(25)14-16)23-20-6-3-7-21(26)19(20)12-13-27(23)28/h2-14,22-23H,1H3/t22-,23-/m1/s1. The van der Waals surface area contributed by atoms with Crippen molar-refractivity contribution >= 4 is 53.9 Å². The molecule has 3 aromatic carbocycles. The Balaban J connectivity index is 1.71. The molecule has 0 saturated carbocycles. The van der Waals surface area contributed by atoms with Gasteiger partial charge in [0.15, 0.2) is 0 Å². The number of benzene rings is 3. The minimum Gasteiger partial charge on any atom is -0.271 e. The molecule has 0 unspecified atom stereocenters. The maximum atomic E-state index is 13.8. The fourth-order valence-electron chi connectivity index (χ4n) is 4.32. The number of rotatable bonds is 3. The van der Waals surface area contributed by atoms with Crippen LogP contribution in [-0.2, 0) is 14.8 Å². The van der Waals surface area contributed by atoms with Gasteiger partial charge in [0.1, 0.15) is 0 Å². The van der Waals surface area contributed by atoms with Crippen molar-refractivity contribution in [3.05, 3.63) is 104 Å². The molecule has 0 spiro atoms.